The highest BCUT2D eigenvalue weighted by molar-refractivity contribution is 5.83. The molecular formula is C12H22N2O2. The fourth-order valence-corrected chi connectivity index (χ4v) is 2.82. The fourth-order valence-electron chi connectivity index (χ4n) is 2.82. The van der Waals surface area contributed by atoms with Crippen LogP contribution in [0.4, 0.5) is 0 Å². The predicted molar refractivity (Wildman–Crippen MR) is 61.9 cm³/mol. The molecule has 2 aliphatic heterocycles. The summed E-state index contributed by atoms with van der Waals surface area (Å²) in [5.41, 5.74) is 0. The third-order valence-electron chi connectivity index (χ3n) is 3.79. The van der Waals surface area contributed by atoms with Crippen molar-refractivity contribution in [2.75, 3.05) is 13.2 Å². The highest BCUT2D eigenvalue weighted by Crippen LogP contribution is 2.26. The smallest absolute Gasteiger partial charge is 0.240 e. The molecule has 2 heterocycles. The van der Waals surface area contributed by atoms with Crippen molar-refractivity contribution in [3.05, 3.63) is 0 Å². The maximum Gasteiger partial charge on any atom is 0.240 e. The molecular weight excluding hydrogens is 204 g/mol. The van der Waals surface area contributed by atoms with Crippen molar-refractivity contribution in [2.24, 2.45) is 5.92 Å². The molecule has 0 aromatic heterocycles. The Balaban J connectivity index is 1.96. The van der Waals surface area contributed by atoms with Gasteiger partial charge < -0.3 is 9.64 Å². The van der Waals surface area contributed by atoms with Crippen molar-refractivity contribution in [1.29, 1.82) is 0 Å². The van der Waals surface area contributed by atoms with Crippen molar-refractivity contribution in [2.45, 2.75) is 51.9 Å². The zero-order valence-corrected chi connectivity index (χ0v) is 10.4. The van der Waals surface area contributed by atoms with Crippen LogP contribution in [-0.4, -0.2) is 42.3 Å². The van der Waals surface area contributed by atoms with Gasteiger partial charge in [-0.2, -0.15) is 0 Å². The number of amides is 1. The van der Waals surface area contributed by atoms with Gasteiger partial charge in [0.25, 0.3) is 0 Å². The first-order valence-corrected chi connectivity index (χ1v) is 6.31. The Labute approximate surface area is 97.3 Å². The first-order chi connectivity index (χ1) is 7.63. The third-order valence-corrected chi connectivity index (χ3v) is 3.79. The van der Waals surface area contributed by atoms with E-state index < -0.39 is 0 Å². The molecule has 0 saturated carbocycles. The summed E-state index contributed by atoms with van der Waals surface area (Å²) < 4.78 is 5.66. The average Bonchev–Trinajstić information content (AvgIpc) is 2.79. The van der Waals surface area contributed by atoms with Crippen LogP contribution in [0, 0.1) is 5.92 Å². The molecule has 0 radical (unpaired) electrons. The SMILES string of the molecule is CCC1OCCC1CN1C(=O)C(C)NC1C. The molecule has 2 aliphatic rings. The number of hydrogen-bond acceptors (Lipinski definition) is 3. The van der Waals surface area contributed by atoms with Gasteiger partial charge in [-0.3, -0.25) is 10.1 Å². The van der Waals surface area contributed by atoms with Crippen molar-refractivity contribution in [3.63, 3.8) is 0 Å². The molecule has 4 heteroatoms. The monoisotopic (exact) mass is 226 g/mol. The van der Waals surface area contributed by atoms with Gasteiger partial charge in [0.2, 0.25) is 5.91 Å². The number of carbonyl (C=O) groups excluding carboxylic acids is 1. The van der Waals surface area contributed by atoms with E-state index in [9.17, 15) is 4.79 Å². The Morgan fingerprint density at radius 1 is 1.50 bits per heavy atom. The van der Waals surface area contributed by atoms with Crippen LogP contribution in [0.3, 0.4) is 0 Å². The zero-order valence-electron chi connectivity index (χ0n) is 10.4. The van der Waals surface area contributed by atoms with Crippen molar-refractivity contribution >= 4 is 5.91 Å². The van der Waals surface area contributed by atoms with Crippen LogP contribution in [0.15, 0.2) is 0 Å². The minimum atomic E-state index is -0.0302. The Bertz CT molecular complexity index is 270. The van der Waals surface area contributed by atoms with E-state index in [-0.39, 0.29) is 18.1 Å². The van der Waals surface area contributed by atoms with Gasteiger partial charge in [-0.15, -0.1) is 0 Å². The maximum absolute atomic E-state index is 11.9. The maximum atomic E-state index is 11.9. The topological polar surface area (TPSA) is 41.6 Å². The summed E-state index contributed by atoms with van der Waals surface area (Å²) in [6.45, 7) is 7.83. The normalized spacial score (nSPS) is 39.7. The summed E-state index contributed by atoms with van der Waals surface area (Å²) in [7, 11) is 0. The number of nitrogens with zero attached hydrogens (tertiary/aromatic N) is 1. The number of carbonyl (C=O) groups is 1. The first kappa shape index (κ1) is 11.9. The molecule has 16 heavy (non-hydrogen) atoms. The van der Waals surface area contributed by atoms with Gasteiger partial charge in [-0.25, -0.2) is 0 Å². The Kier molecular flexibility index (Phi) is 3.50. The van der Waals surface area contributed by atoms with Gasteiger partial charge in [0, 0.05) is 19.1 Å². The van der Waals surface area contributed by atoms with E-state index in [1.807, 2.05) is 11.8 Å². The molecule has 0 bridgehead atoms. The lowest BCUT2D eigenvalue weighted by Gasteiger charge is -2.26. The second kappa shape index (κ2) is 4.72. The molecule has 0 aromatic carbocycles. The Hall–Kier alpha value is -0.610. The largest absolute Gasteiger partial charge is 0.378 e. The van der Waals surface area contributed by atoms with Crippen LogP contribution in [0.5, 0.6) is 0 Å². The van der Waals surface area contributed by atoms with Crippen LogP contribution in [0.2, 0.25) is 0 Å². The number of ether oxygens (including phenoxy) is 1. The summed E-state index contributed by atoms with van der Waals surface area (Å²) >= 11 is 0. The van der Waals surface area contributed by atoms with E-state index >= 15 is 0 Å². The second-order valence-corrected chi connectivity index (χ2v) is 4.92. The predicted octanol–water partition coefficient (Wildman–Crippen LogP) is 0.968. The van der Waals surface area contributed by atoms with Gasteiger partial charge in [0.1, 0.15) is 0 Å². The van der Waals surface area contributed by atoms with Crippen LogP contribution in [-0.2, 0) is 9.53 Å². The van der Waals surface area contributed by atoms with Gasteiger partial charge in [0.05, 0.1) is 18.3 Å². The lowest BCUT2D eigenvalue weighted by molar-refractivity contribution is -0.130. The average molecular weight is 226 g/mol. The summed E-state index contributed by atoms with van der Waals surface area (Å²) in [6, 6.07) is -0.0302. The van der Waals surface area contributed by atoms with Gasteiger partial charge >= 0.3 is 0 Å². The van der Waals surface area contributed by atoms with E-state index in [4.69, 9.17) is 4.74 Å². The van der Waals surface area contributed by atoms with Crippen molar-refractivity contribution in [1.82, 2.24) is 10.2 Å². The van der Waals surface area contributed by atoms with Gasteiger partial charge in [-0.05, 0) is 26.7 Å². The highest BCUT2D eigenvalue weighted by Gasteiger charge is 2.37. The van der Waals surface area contributed by atoms with E-state index in [1.54, 1.807) is 0 Å². The van der Waals surface area contributed by atoms with Crippen molar-refractivity contribution < 1.29 is 9.53 Å². The number of hydrogen-bond donors (Lipinski definition) is 1. The molecule has 4 atom stereocenters. The van der Waals surface area contributed by atoms with Crippen molar-refractivity contribution in [3.8, 4) is 0 Å². The molecule has 2 rings (SSSR count). The minimum absolute atomic E-state index is 0.0302. The fraction of sp³-hybridized carbons (Fsp3) is 0.917. The Morgan fingerprint density at radius 2 is 2.25 bits per heavy atom. The molecule has 0 aliphatic carbocycles. The van der Waals surface area contributed by atoms with Gasteiger partial charge in [-0.1, -0.05) is 6.92 Å². The van der Waals surface area contributed by atoms with Crippen LogP contribution in [0.25, 0.3) is 0 Å². The standard InChI is InChI=1S/C12H22N2O2/c1-4-11-10(5-6-16-11)7-14-9(3)13-8(2)12(14)15/h8-11,13H,4-7H2,1-3H3. The summed E-state index contributed by atoms with van der Waals surface area (Å²) in [4.78, 5) is 13.9. The second-order valence-electron chi connectivity index (χ2n) is 4.92. The molecule has 1 N–H and O–H groups in total. The molecule has 92 valence electrons. The van der Waals surface area contributed by atoms with E-state index in [0.29, 0.717) is 12.0 Å². The quantitative estimate of drug-likeness (QED) is 0.779. The van der Waals surface area contributed by atoms with Crippen LogP contribution in [0.1, 0.15) is 33.6 Å². The van der Waals surface area contributed by atoms with E-state index in [2.05, 4.69) is 19.2 Å². The third kappa shape index (κ3) is 2.09. The molecule has 2 saturated heterocycles. The Morgan fingerprint density at radius 3 is 2.81 bits per heavy atom. The van der Waals surface area contributed by atoms with E-state index in [0.717, 1.165) is 26.0 Å². The van der Waals surface area contributed by atoms with Gasteiger partial charge in [0.15, 0.2) is 0 Å². The molecule has 4 unspecified atom stereocenters. The lowest BCUT2D eigenvalue weighted by Crippen LogP contribution is -2.40. The van der Waals surface area contributed by atoms with Crippen LogP contribution >= 0.6 is 0 Å². The lowest BCUT2D eigenvalue weighted by atomic mass is 9.99. The van der Waals surface area contributed by atoms with Crippen LogP contribution < -0.4 is 5.32 Å². The summed E-state index contributed by atoms with van der Waals surface area (Å²) in [6.07, 6.45) is 2.64. The molecule has 2 fully saturated rings. The molecule has 4 nitrogen and oxygen atoms in total. The number of rotatable bonds is 3. The van der Waals surface area contributed by atoms with E-state index in [1.165, 1.54) is 0 Å². The molecule has 1 amide bonds. The first-order valence-electron chi connectivity index (χ1n) is 6.31. The number of nitrogens with one attached hydrogen (secondary N) is 1. The highest BCUT2D eigenvalue weighted by atomic mass is 16.5. The zero-order chi connectivity index (χ0) is 11.7. The minimum Gasteiger partial charge on any atom is -0.378 e. The molecule has 0 spiro atoms. The molecule has 0 aromatic rings. The summed E-state index contributed by atoms with van der Waals surface area (Å²) in [5, 5.41) is 3.26. The summed E-state index contributed by atoms with van der Waals surface area (Å²) in [5.74, 6) is 0.748.